The molecule has 1 fully saturated rings. The van der Waals surface area contributed by atoms with Crippen LogP contribution in [-0.2, 0) is 10.0 Å². The van der Waals surface area contributed by atoms with Gasteiger partial charge in [0.15, 0.2) is 0 Å². The number of sulfonamides is 1. The molecule has 0 spiro atoms. The van der Waals surface area contributed by atoms with Gasteiger partial charge in [-0.15, -0.1) is 0 Å². The van der Waals surface area contributed by atoms with Crippen molar-refractivity contribution in [2.75, 3.05) is 25.9 Å². The molecule has 84 valence electrons. The SMILES string of the molecule is CN[C@H](CN1CCCS1(=O)=O)C(C)C. The number of likely N-dealkylation sites (N-methyl/N-ethyl adjacent to an activating group) is 1. The van der Waals surface area contributed by atoms with Gasteiger partial charge in [-0.1, -0.05) is 13.8 Å². The predicted molar refractivity (Wildman–Crippen MR) is 57.7 cm³/mol. The highest BCUT2D eigenvalue weighted by atomic mass is 32.2. The number of nitrogens with one attached hydrogen (secondary N) is 1. The predicted octanol–water partition coefficient (Wildman–Crippen LogP) is 0.266. The van der Waals surface area contributed by atoms with Crippen LogP contribution in [0, 0.1) is 5.92 Å². The molecule has 1 N–H and O–H groups in total. The molecule has 0 radical (unpaired) electrons. The van der Waals surface area contributed by atoms with Gasteiger partial charge in [0.05, 0.1) is 5.75 Å². The topological polar surface area (TPSA) is 49.4 Å². The molecule has 0 bridgehead atoms. The summed E-state index contributed by atoms with van der Waals surface area (Å²) >= 11 is 0. The fourth-order valence-electron chi connectivity index (χ4n) is 1.75. The van der Waals surface area contributed by atoms with E-state index in [9.17, 15) is 8.42 Å². The van der Waals surface area contributed by atoms with E-state index >= 15 is 0 Å². The van der Waals surface area contributed by atoms with Gasteiger partial charge in [0, 0.05) is 19.1 Å². The first kappa shape index (κ1) is 11.9. The number of rotatable bonds is 4. The average Bonchev–Trinajstić information content (AvgIpc) is 2.40. The van der Waals surface area contributed by atoms with Crippen LogP contribution in [0.4, 0.5) is 0 Å². The summed E-state index contributed by atoms with van der Waals surface area (Å²) in [6, 6.07) is 0.253. The first-order chi connectivity index (χ1) is 6.47. The summed E-state index contributed by atoms with van der Waals surface area (Å²) in [4.78, 5) is 0. The van der Waals surface area contributed by atoms with Crippen LogP contribution in [0.1, 0.15) is 20.3 Å². The van der Waals surface area contributed by atoms with Gasteiger partial charge < -0.3 is 5.32 Å². The summed E-state index contributed by atoms with van der Waals surface area (Å²) in [5.41, 5.74) is 0. The molecule has 1 atom stereocenters. The quantitative estimate of drug-likeness (QED) is 0.739. The zero-order chi connectivity index (χ0) is 10.8. The first-order valence-electron chi connectivity index (χ1n) is 5.12. The summed E-state index contributed by atoms with van der Waals surface area (Å²) in [5, 5.41) is 3.16. The zero-order valence-corrected chi connectivity index (χ0v) is 9.97. The van der Waals surface area contributed by atoms with Gasteiger partial charge in [-0.25, -0.2) is 12.7 Å². The van der Waals surface area contributed by atoms with Crippen molar-refractivity contribution in [1.29, 1.82) is 0 Å². The van der Waals surface area contributed by atoms with Crippen LogP contribution >= 0.6 is 0 Å². The van der Waals surface area contributed by atoms with Crippen LogP contribution in [-0.4, -0.2) is 44.7 Å². The second-order valence-corrected chi connectivity index (χ2v) is 6.26. The summed E-state index contributed by atoms with van der Waals surface area (Å²) in [6.07, 6.45) is 0.775. The van der Waals surface area contributed by atoms with Crippen molar-refractivity contribution >= 4 is 10.0 Å². The molecule has 5 heteroatoms. The normalized spacial score (nSPS) is 24.3. The Labute approximate surface area is 86.7 Å². The minimum atomic E-state index is -2.93. The molecule has 1 rings (SSSR count). The van der Waals surface area contributed by atoms with Crippen molar-refractivity contribution in [1.82, 2.24) is 9.62 Å². The Morgan fingerprint density at radius 2 is 2.07 bits per heavy atom. The van der Waals surface area contributed by atoms with Gasteiger partial charge in [0.2, 0.25) is 10.0 Å². The first-order valence-corrected chi connectivity index (χ1v) is 6.73. The van der Waals surface area contributed by atoms with Gasteiger partial charge >= 0.3 is 0 Å². The zero-order valence-electron chi connectivity index (χ0n) is 9.16. The summed E-state index contributed by atoms with van der Waals surface area (Å²) in [5.74, 6) is 0.775. The lowest BCUT2D eigenvalue weighted by molar-refractivity contribution is 0.330. The van der Waals surface area contributed by atoms with E-state index in [1.165, 1.54) is 0 Å². The molecule has 0 aromatic rings. The lowest BCUT2D eigenvalue weighted by atomic mass is 10.1. The molecule has 1 saturated heterocycles. The van der Waals surface area contributed by atoms with E-state index in [4.69, 9.17) is 0 Å². The Balaban J connectivity index is 2.59. The van der Waals surface area contributed by atoms with Crippen molar-refractivity contribution in [3.8, 4) is 0 Å². The molecule has 0 aliphatic carbocycles. The van der Waals surface area contributed by atoms with E-state index in [-0.39, 0.29) is 6.04 Å². The monoisotopic (exact) mass is 220 g/mol. The number of hydrogen-bond acceptors (Lipinski definition) is 3. The molecule has 0 amide bonds. The van der Waals surface area contributed by atoms with Crippen LogP contribution in [0.3, 0.4) is 0 Å². The molecule has 1 heterocycles. The van der Waals surface area contributed by atoms with E-state index in [1.54, 1.807) is 4.31 Å². The van der Waals surface area contributed by atoms with Crippen molar-refractivity contribution in [2.45, 2.75) is 26.3 Å². The van der Waals surface area contributed by atoms with Crippen molar-refractivity contribution in [3.63, 3.8) is 0 Å². The Morgan fingerprint density at radius 1 is 1.43 bits per heavy atom. The molecule has 1 aliphatic heterocycles. The molecule has 0 unspecified atom stereocenters. The fourth-order valence-corrected chi connectivity index (χ4v) is 3.30. The molecular weight excluding hydrogens is 200 g/mol. The third-order valence-electron chi connectivity index (χ3n) is 2.78. The van der Waals surface area contributed by atoms with Crippen molar-refractivity contribution in [2.24, 2.45) is 5.92 Å². The number of hydrogen-bond donors (Lipinski definition) is 1. The standard InChI is InChI=1S/C9H20N2O2S/c1-8(2)9(10-3)7-11-5-4-6-14(11,12)13/h8-10H,4-7H2,1-3H3/t9-/m1/s1. The molecule has 0 aromatic heterocycles. The second-order valence-electron chi connectivity index (χ2n) is 4.17. The summed E-state index contributed by atoms with van der Waals surface area (Å²) in [6.45, 7) is 5.50. The van der Waals surface area contributed by atoms with Crippen molar-refractivity contribution in [3.05, 3.63) is 0 Å². The number of nitrogens with zero attached hydrogens (tertiary/aromatic N) is 1. The Morgan fingerprint density at radius 3 is 2.43 bits per heavy atom. The summed E-state index contributed by atoms with van der Waals surface area (Å²) < 4.78 is 24.7. The maximum atomic E-state index is 11.5. The van der Waals surface area contributed by atoms with Gasteiger partial charge in [-0.05, 0) is 19.4 Å². The second kappa shape index (κ2) is 4.59. The van der Waals surface area contributed by atoms with Crippen LogP contribution in [0.15, 0.2) is 0 Å². The Hall–Kier alpha value is -0.130. The van der Waals surface area contributed by atoms with Gasteiger partial charge in [0.1, 0.15) is 0 Å². The highest BCUT2D eigenvalue weighted by Crippen LogP contribution is 2.15. The van der Waals surface area contributed by atoms with Crippen LogP contribution in [0.5, 0.6) is 0 Å². The third-order valence-corrected chi connectivity index (χ3v) is 4.70. The lowest BCUT2D eigenvalue weighted by Gasteiger charge is -2.25. The van der Waals surface area contributed by atoms with E-state index in [0.29, 0.717) is 24.8 Å². The van der Waals surface area contributed by atoms with Gasteiger partial charge in [-0.3, -0.25) is 0 Å². The highest BCUT2D eigenvalue weighted by molar-refractivity contribution is 7.89. The highest BCUT2D eigenvalue weighted by Gasteiger charge is 2.30. The van der Waals surface area contributed by atoms with E-state index in [0.717, 1.165) is 6.42 Å². The molecule has 1 aliphatic rings. The van der Waals surface area contributed by atoms with Crippen LogP contribution in [0.2, 0.25) is 0 Å². The van der Waals surface area contributed by atoms with Gasteiger partial charge in [-0.2, -0.15) is 0 Å². The molecule has 14 heavy (non-hydrogen) atoms. The Kier molecular flexibility index (Phi) is 3.92. The molecule has 4 nitrogen and oxygen atoms in total. The van der Waals surface area contributed by atoms with Crippen LogP contribution < -0.4 is 5.32 Å². The van der Waals surface area contributed by atoms with Gasteiger partial charge in [0.25, 0.3) is 0 Å². The average molecular weight is 220 g/mol. The summed E-state index contributed by atoms with van der Waals surface area (Å²) in [7, 11) is -1.05. The Bertz CT molecular complexity index is 275. The van der Waals surface area contributed by atoms with E-state index in [2.05, 4.69) is 19.2 Å². The molecule has 0 aromatic carbocycles. The maximum absolute atomic E-state index is 11.5. The van der Waals surface area contributed by atoms with Crippen molar-refractivity contribution < 1.29 is 8.42 Å². The smallest absolute Gasteiger partial charge is 0.214 e. The lowest BCUT2D eigenvalue weighted by Crippen LogP contribution is -2.43. The maximum Gasteiger partial charge on any atom is 0.214 e. The molecular formula is C9H20N2O2S. The minimum Gasteiger partial charge on any atom is -0.315 e. The van der Waals surface area contributed by atoms with E-state index < -0.39 is 10.0 Å². The molecule has 0 saturated carbocycles. The van der Waals surface area contributed by atoms with Crippen LogP contribution in [0.25, 0.3) is 0 Å². The minimum absolute atomic E-state index is 0.253. The largest absolute Gasteiger partial charge is 0.315 e. The third kappa shape index (κ3) is 2.68. The fraction of sp³-hybridized carbons (Fsp3) is 1.00. The van der Waals surface area contributed by atoms with E-state index in [1.807, 2.05) is 7.05 Å².